The molecular formula is C24H34FN5O3. The molecule has 2 aromatic rings. The van der Waals surface area contributed by atoms with Crippen LogP contribution < -0.4 is 19.5 Å². The second-order valence-corrected chi connectivity index (χ2v) is 8.67. The predicted molar refractivity (Wildman–Crippen MR) is 124 cm³/mol. The minimum Gasteiger partial charge on any atom is -0.494 e. The molecule has 1 saturated heterocycles. The summed E-state index contributed by atoms with van der Waals surface area (Å²) in [5.74, 6) is -0.0366. The van der Waals surface area contributed by atoms with E-state index in [9.17, 15) is 4.39 Å². The highest BCUT2D eigenvalue weighted by atomic mass is 19.1. The van der Waals surface area contributed by atoms with Crippen LogP contribution in [-0.2, 0) is 0 Å². The topological polar surface area (TPSA) is 81.6 Å². The van der Waals surface area contributed by atoms with Gasteiger partial charge in [-0.3, -0.25) is 4.90 Å². The number of halogens is 1. The molecule has 1 saturated carbocycles. The Labute approximate surface area is 194 Å². The second-order valence-electron chi connectivity index (χ2n) is 8.67. The molecule has 1 aromatic heterocycles. The number of likely N-dealkylation sites (N-methyl/N-ethyl adjacent to an activating group) is 1. The molecule has 0 radical (unpaired) electrons. The smallest absolute Gasteiger partial charge is 0.324 e. The monoisotopic (exact) mass is 459 g/mol. The molecule has 1 aromatic carbocycles. The summed E-state index contributed by atoms with van der Waals surface area (Å²) in [5.41, 5.74) is 0.499. The van der Waals surface area contributed by atoms with E-state index in [-0.39, 0.29) is 29.8 Å². The Morgan fingerprint density at radius 3 is 2.55 bits per heavy atom. The van der Waals surface area contributed by atoms with Crippen LogP contribution >= 0.6 is 0 Å². The van der Waals surface area contributed by atoms with Gasteiger partial charge in [-0.15, -0.1) is 4.98 Å². The molecule has 2 aliphatic rings. The molecule has 2 heterocycles. The molecule has 9 heteroatoms. The molecule has 180 valence electrons. The molecule has 1 atom stereocenters. The highest BCUT2D eigenvalue weighted by Crippen LogP contribution is 2.26. The first kappa shape index (κ1) is 23.5. The van der Waals surface area contributed by atoms with Crippen LogP contribution in [0.4, 0.5) is 16.0 Å². The van der Waals surface area contributed by atoms with Crippen molar-refractivity contribution in [3.63, 3.8) is 0 Å². The van der Waals surface area contributed by atoms with E-state index in [0.717, 1.165) is 45.2 Å². The van der Waals surface area contributed by atoms with Gasteiger partial charge < -0.3 is 19.5 Å². The summed E-state index contributed by atoms with van der Waals surface area (Å²) in [6, 6.07) is 5.40. The summed E-state index contributed by atoms with van der Waals surface area (Å²) in [4.78, 5) is 15.7. The van der Waals surface area contributed by atoms with Gasteiger partial charge in [-0.1, -0.05) is 19.8 Å². The molecular weight excluding hydrogens is 425 g/mol. The summed E-state index contributed by atoms with van der Waals surface area (Å²) < 4.78 is 31.3. The van der Waals surface area contributed by atoms with E-state index in [1.165, 1.54) is 32.4 Å². The molecule has 4 rings (SSSR count). The van der Waals surface area contributed by atoms with Crippen LogP contribution in [0.15, 0.2) is 18.2 Å². The first-order chi connectivity index (χ1) is 16.1. The van der Waals surface area contributed by atoms with Crippen molar-refractivity contribution in [1.29, 1.82) is 0 Å². The lowest BCUT2D eigenvalue weighted by Gasteiger charge is -2.22. The Balaban J connectivity index is 1.52. The molecule has 0 bridgehead atoms. The normalized spacial score (nSPS) is 19.8. The van der Waals surface area contributed by atoms with E-state index < -0.39 is 5.82 Å². The highest BCUT2D eigenvalue weighted by Gasteiger charge is 2.24. The zero-order valence-electron chi connectivity index (χ0n) is 19.6. The van der Waals surface area contributed by atoms with E-state index >= 15 is 0 Å². The van der Waals surface area contributed by atoms with Crippen molar-refractivity contribution in [3.05, 3.63) is 24.0 Å². The fourth-order valence-electron chi connectivity index (χ4n) is 4.56. The van der Waals surface area contributed by atoms with Crippen molar-refractivity contribution in [1.82, 2.24) is 19.9 Å². The Hall–Kier alpha value is -2.68. The number of aromatic nitrogens is 3. The van der Waals surface area contributed by atoms with Gasteiger partial charge in [0, 0.05) is 17.8 Å². The van der Waals surface area contributed by atoms with Crippen LogP contribution in [0.25, 0.3) is 0 Å². The number of ether oxygens (including phenoxy) is 3. The van der Waals surface area contributed by atoms with E-state index in [1.807, 2.05) is 0 Å². The van der Waals surface area contributed by atoms with E-state index in [0.29, 0.717) is 18.3 Å². The molecule has 1 aliphatic heterocycles. The standard InChI is InChI=1S/C24H34FN5O3/c1-3-30-14-8-9-18(30)16-32-23-27-22(26-17-12-13-21(31-2)20(25)15-17)28-24(29-23)33-19-10-6-4-5-7-11-19/h12-13,15,18-19H,3-11,14,16H2,1-2H3,(H,26,27,28,29). The number of nitrogens with one attached hydrogen (secondary N) is 1. The first-order valence-corrected chi connectivity index (χ1v) is 12.0. The van der Waals surface area contributed by atoms with E-state index in [4.69, 9.17) is 14.2 Å². The zero-order valence-corrected chi connectivity index (χ0v) is 19.6. The Morgan fingerprint density at radius 2 is 1.82 bits per heavy atom. The minimum atomic E-state index is -0.469. The number of nitrogens with zero attached hydrogens (tertiary/aromatic N) is 4. The van der Waals surface area contributed by atoms with Crippen molar-refractivity contribution >= 4 is 11.6 Å². The molecule has 1 unspecified atom stereocenters. The van der Waals surface area contributed by atoms with Crippen molar-refractivity contribution < 1.29 is 18.6 Å². The van der Waals surface area contributed by atoms with Gasteiger partial charge >= 0.3 is 12.0 Å². The van der Waals surface area contributed by atoms with Gasteiger partial charge in [0.15, 0.2) is 11.6 Å². The SMILES string of the molecule is CCN1CCCC1COc1nc(Nc2ccc(OC)c(F)c2)nc(OC2CCCCCC2)n1. The Bertz CT molecular complexity index is 908. The van der Waals surface area contributed by atoms with Gasteiger partial charge in [0.25, 0.3) is 0 Å². The summed E-state index contributed by atoms with van der Waals surface area (Å²) in [7, 11) is 1.43. The number of methoxy groups -OCH3 is 1. The van der Waals surface area contributed by atoms with Crippen LogP contribution in [0, 0.1) is 5.82 Å². The van der Waals surface area contributed by atoms with Gasteiger partial charge in [0.1, 0.15) is 12.7 Å². The van der Waals surface area contributed by atoms with Crippen molar-refractivity contribution in [2.75, 3.05) is 32.1 Å². The minimum absolute atomic E-state index is 0.0828. The summed E-state index contributed by atoms with van der Waals surface area (Å²) in [5, 5.41) is 3.05. The number of anilines is 2. The van der Waals surface area contributed by atoms with Gasteiger partial charge in [0.05, 0.1) is 7.11 Å². The van der Waals surface area contributed by atoms with Crippen LogP contribution in [-0.4, -0.2) is 58.8 Å². The Kier molecular flexibility index (Phi) is 8.15. The number of hydrogen-bond donors (Lipinski definition) is 1. The zero-order chi connectivity index (χ0) is 23.0. The van der Waals surface area contributed by atoms with Crippen molar-refractivity contribution in [2.45, 2.75) is 70.4 Å². The molecule has 2 fully saturated rings. The quantitative estimate of drug-likeness (QED) is 0.539. The summed E-state index contributed by atoms with van der Waals surface area (Å²) >= 11 is 0. The molecule has 0 spiro atoms. The van der Waals surface area contributed by atoms with Gasteiger partial charge in [-0.2, -0.15) is 9.97 Å². The fourth-order valence-corrected chi connectivity index (χ4v) is 4.56. The van der Waals surface area contributed by atoms with Crippen LogP contribution in [0.5, 0.6) is 17.8 Å². The predicted octanol–water partition coefficient (Wildman–Crippen LogP) is 4.73. The maximum Gasteiger partial charge on any atom is 0.324 e. The number of hydrogen-bond acceptors (Lipinski definition) is 8. The third-order valence-electron chi connectivity index (χ3n) is 6.39. The lowest BCUT2D eigenvalue weighted by Crippen LogP contribution is -2.34. The summed E-state index contributed by atoms with van der Waals surface area (Å²) in [6.45, 7) is 4.76. The average molecular weight is 460 g/mol. The number of benzene rings is 1. The largest absolute Gasteiger partial charge is 0.494 e. The first-order valence-electron chi connectivity index (χ1n) is 12.0. The van der Waals surface area contributed by atoms with E-state index in [1.54, 1.807) is 12.1 Å². The number of rotatable bonds is 9. The molecule has 8 nitrogen and oxygen atoms in total. The average Bonchev–Trinajstić information content (AvgIpc) is 3.12. The van der Waals surface area contributed by atoms with Crippen LogP contribution in [0.2, 0.25) is 0 Å². The molecule has 1 N–H and O–H groups in total. The molecule has 33 heavy (non-hydrogen) atoms. The lowest BCUT2D eigenvalue weighted by molar-refractivity contribution is 0.153. The maximum atomic E-state index is 14.2. The third-order valence-corrected chi connectivity index (χ3v) is 6.39. The summed E-state index contributed by atoms with van der Waals surface area (Å²) in [6.07, 6.45) is 9.08. The lowest BCUT2D eigenvalue weighted by atomic mass is 10.2. The highest BCUT2D eigenvalue weighted by molar-refractivity contribution is 5.55. The second kappa shape index (κ2) is 11.4. The third kappa shape index (κ3) is 6.43. The molecule has 1 aliphatic carbocycles. The van der Waals surface area contributed by atoms with Gasteiger partial charge in [-0.25, -0.2) is 4.39 Å². The van der Waals surface area contributed by atoms with Gasteiger partial charge in [0.2, 0.25) is 5.95 Å². The van der Waals surface area contributed by atoms with Crippen LogP contribution in [0.3, 0.4) is 0 Å². The fraction of sp³-hybridized carbons (Fsp3) is 0.625. The maximum absolute atomic E-state index is 14.2. The van der Waals surface area contributed by atoms with E-state index in [2.05, 4.69) is 32.1 Å². The molecule has 0 amide bonds. The van der Waals surface area contributed by atoms with Crippen molar-refractivity contribution in [3.8, 4) is 17.8 Å². The Morgan fingerprint density at radius 1 is 1.03 bits per heavy atom. The van der Waals surface area contributed by atoms with Crippen molar-refractivity contribution in [2.24, 2.45) is 0 Å². The van der Waals surface area contributed by atoms with Gasteiger partial charge in [-0.05, 0) is 63.7 Å². The van der Waals surface area contributed by atoms with Crippen LogP contribution in [0.1, 0.15) is 58.3 Å². The number of likely N-dealkylation sites (tertiary alicyclic amines) is 1.